The fraction of sp³-hybridized carbons (Fsp3) is 0.133. The van der Waals surface area contributed by atoms with Crippen molar-refractivity contribution in [1.29, 1.82) is 0 Å². The van der Waals surface area contributed by atoms with E-state index in [2.05, 4.69) is 5.16 Å². The molecule has 2 aromatic rings. The Morgan fingerprint density at radius 2 is 1.61 bits per heavy atom. The normalized spacial score (nSPS) is 21.8. The van der Waals surface area contributed by atoms with Gasteiger partial charge in [-0.05, 0) is 23.3 Å². The van der Waals surface area contributed by atoms with E-state index in [-0.39, 0.29) is 17.8 Å². The van der Waals surface area contributed by atoms with Crippen molar-refractivity contribution >= 4 is 6.21 Å². The molecule has 90 valence electrons. The topological polar surface area (TPSA) is 41.8 Å². The second-order valence-corrected chi connectivity index (χ2v) is 4.31. The van der Waals surface area contributed by atoms with Gasteiger partial charge in [0.2, 0.25) is 0 Å². The van der Waals surface area contributed by atoms with Crippen LogP contribution in [0.15, 0.2) is 59.8 Å². The number of hydrogen-bond acceptors (Lipinski definition) is 3. The summed E-state index contributed by atoms with van der Waals surface area (Å²) in [5.74, 6) is 0.360. The van der Waals surface area contributed by atoms with Crippen molar-refractivity contribution in [3.8, 4) is 5.75 Å². The molecule has 0 saturated carbocycles. The molecule has 0 radical (unpaired) electrons. The molecule has 2 unspecified atom stereocenters. The molecule has 3 rings (SSSR count). The fourth-order valence-corrected chi connectivity index (χ4v) is 2.18. The molecule has 0 fully saturated rings. The van der Waals surface area contributed by atoms with Crippen LogP contribution < -0.4 is 0 Å². The lowest BCUT2D eigenvalue weighted by atomic mass is 9.90. The quantitative estimate of drug-likeness (QED) is 0.874. The molecule has 0 saturated heterocycles. The van der Waals surface area contributed by atoms with Crippen LogP contribution in [0.3, 0.4) is 0 Å². The van der Waals surface area contributed by atoms with Gasteiger partial charge in [0.25, 0.3) is 0 Å². The SMILES string of the molecule is Oc1ccc(C2C=NOC2c2ccccc2)cc1. The highest BCUT2D eigenvalue weighted by molar-refractivity contribution is 5.70. The molecule has 0 bridgehead atoms. The Labute approximate surface area is 105 Å². The number of phenols is 1. The number of hydrogen-bond donors (Lipinski definition) is 1. The molecule has 1 N–H and O–H groups in total. The molecule has 1 heterocycles. The third-order valence-corrected chi connectivity index (χ3v) is 3.13. The molecule has 2 aromatic carbocycles. The van der Waals surface area contributed by atoms with Crippen molar-refractivity contribution in [1.82, 2.24) is 0 Å². The number of aromatic hydroxyl groups is 1. The molecule has 0 aliphatic carbocycles. The molecule has 1 aliphatic rings. The lowest BCUT2D eigenvalue weighted by Gasteiger charge is -2.17. The number of oxime groups is 1. The largest absolute Gasteiger partial charge is 0.508 e. The Bertz CT molecular complexity index is 548. The second-order valence-electron chi connectivity index (χ2n) is 4.31. The minimum absolute atomic E-state index is 0.0873. The van der Waals surface area contributed by atoms with E-state index in [4.69, 9.17) is 4.84 Å². The summed E-state index contributed by atoms with van der Waals surface area (Å²) >= 11 is 0. The van der Waals surface area contributed by atoms with Crippen LogP contribution in [0.1, 0.15) is 23.1 Å². The molecular weight excluding hydrogens is 226 g/mol. The van der Waals surface area contributed by atoms with E-state index in [9.17, 15) is 5.11 Å². The van der Waals surface area contributed by atoms with Gasteiger partial charge in [0.1, 0.15) is 5.75 Å². The van der Waals surface area contributed by atoms with Gasteiger partial charge in [-0.15, -0.1) is 0 Å². The van der Waals surface area contributed by atoms with Gasteiger partial charge in [-0.3, -0.25) is 0 Å². The van der Waals surface area contributed by atoms with Crippen molar-refractivity contribution in [3.05, 3.63) is 65.7 Å². The number of rotatable bonds is 2. The highest BCUT2D eigenvalue weighted by atomic mass is 16.6. The first-order valence-electron chi connectivity index (χ1n) is 5.88. The van der Waals surface area contributed by atoms with Crippen LogP contribution in [0.4, 0.5) is 0 Å². The van der Waals surface area contributed by atoms with Gasteiger partial charge >= 0.3 is 0 Å². The van der Waals surface area contributed by atoms with Gasteiger partial charge in [-0.1, -0.05) is 47.6 Å². The van der Waals surface area contributed by atoms with Crippen molar-refractivity contribution in [2.24, 2.45) is 5.16 Å². The van der Waals surface area contributed by atoms with E-state index in [1.54, 1.807) is 12.1 Å². The minimum Gasteiger partial charge on any atom is -0.508 e. The predicted octanol–water partition coefficient (Wildman–Crippen LogP) is 3.23. The van der Waals surface area contributed by atoms with Gasteiger partial charge < -0.3 is 9.94 Å². The number of nitrogens with zero attached hydrogens (tertiary/aromatic N) is 1. The lowest BCUT2D eigenvalue weighted by Crippen LogP contribution is -2.08. The Hall–Kier alpha value is -2.29. The maximum atomic E-state index is 9.32. The van der Waals surface area contributed by atoms with Crippen LogP contribution in [-0.2, 0) is 4.84 Å². The highest BCUT2D eigenvalue weighted by Gasteiger charge is 2.29. The fourth-order valence-electron chi connectivity index (χ4n) is 2.18. The molecule has 3 nitrogen and oxygen atoms in total. The van der Waals surface area contributed by atoms with Gasteiger partial charge in [-0.2, -0.15) is 0 Å². The lowest BCUT2D eigenvalue weighted by molar-refractivity contribution is 0.0763. The maximum absolute atomic E-state index is 9.32. The summed E-state index contributed by atoms with van der Waals surface area (Å²) in [6, 6.07) is 17.2. The summed E-state index contributed by atoms with van der Waals surface area (Å²) in [5.41, 5.74) is 2.19. The van der Waals surface area contributed by atoms with Crippen LogP contribution in [0.2, 0.25) is 0 Å². The summed E-state index contributed by atoms with van der Waals surface area (Å²) in [5, 5.41) is 13.3. The third-order valence-electron chi connectivity index (χ3n) is 3.13. The third kappa shape index (κ3) is 1.95. The summed E-state index contributed by atoms with van der Waals surface area (Å²) in [6.45, 7) is 0. The summed E-state index contributed by atoms with van der Waals surface area (Å²) < 4.78 is 0. The van der Waals surface area contributed by atoms with E-state index in [1.807, 2.05) is 48.7 Å². The van der Waals surface area contributed by atoms with E-state index in [1.165, 1.54) is 0 Å². The first kappa shape index (κ1) is 10.8. The van der Waals surface area contributed by atoms with Crippen LogP contribution in [0.25, 0.3) is 0 Å². The Balaban J connectivity index is 1.91. The molecule has 3 heteroatoms. The molecule has 0 amide bonds. The van der Waals surface area contributed by atoms with Crippen LogP contribution >= 0.6 is 0 Å². The first-order valence-corrected chi connectivity index (χ1v) is 5.88. The average molecular weight is 239 g/mol. The first-order chi connectivity index (χ1) is 8.84. The van der Waals surface area contributed by atoms with E-state index in [0.717, 1.165) is 11.1 Å². The van der Waals surface area contributed by atoms with E-state index < -0.39 is 0 Å². The van der Waals surface area contributed by atoms with Crippen molar-refractivity contribution in [3.63, 3.8) is 0 Å². The molecule has 0 aromatic heterocycles. The van der Waals surface area contributed by atoms with Crippen molar-refractivity contribution < 1.29 is 9.94 Å². The zero-order valence-corrected chi connectivity index (χ0v) is 9.73. The van der Waals surface area contributed by atoms with Gasteiger partial charge in [0.15, 0.2) is 6.10 Å². The zero-order chi connectivity index (χ0) is 12.4. The van der Waals surface area contributed by atoms with Crippen molar-refractivity contribution in [2.75, 3.05) is 0 Å². The second kappa shape index (κ2) is 4.53. The predicted molar refractivity (Wildman–Crippen MR) is 69.6 cm³/mol. The molecule has 18 heavy (non-hydrogen) atoms. The van der Waals surface area contributed by atoms with E-state index in [0.29, 0.717) is 0 Å². The van der Waals surface area contributed by atoms with Gasteiger partial charge in [-0.25, -0.2) is 0 Å². The maximum Gasteiger partial charge on any atom is 0.164 e. The molecular formula is C15H13NO2. The van der Waals surface area contributed by atoms with Crippen molar-refractivity contribution in [2.45, 2.75) is 12.0 Å². The smallest absolute Gasteiger partial charge is 0.164 e. The van der Waals surface area contributed by atoms with E-state index >= 15 is 0 Å². The Morgan fingerprint density at radius 1 is 0.889 bits per heavy atom. The summed E-state index contributed by atoms with van der Waals surface area (Å²) in [6.07, 6.45) is 1.72. The Morgan fingerprint density at radius 3 is 2.33 bits per heavy atom. The average Bonchev–Trinajstić information content (AvgIpc) is 2.90. The highest BCUT2D eigenvalue weighted by Crippen LogP contribution is 2.36. The zero-order valence-electron chi connectivity index (χ0n) is 9.73. The van der Waals surface area contributed by atoms with Gasteiger partial charge in [0, 0.05) is 0 Å². The number of phenolic OH excluding ortho intramolecular Hbond substituents is 1. The molecule has 0 spiro atoms. The van der Waals surface area contributed by atoms with Crippen LogP contribution in [0.5, 0.6) is 5.75 Å². The number of benzene rings is 2. The summed E-state index contributed by atoms with van der Waals surface area (Å²) in [4.78, 5) is 5.44. The molecule has 2 atom stereocenters. The van der Waals surface area contributed by atoms with Crippen LogP contribution in [0, 0.1) is 0 Å². The summed E-state index contributed by atoms with van der Waals surface area (Å²) in [7, 11) is 0. The van der Waals surface area contributed by atoms with Gasteiger partial charge in [0.05, 0.1) is 12.1 Å². The molecule has 1 aliphatic heterocycles. The Kier molecular flexibility index (Phi) is 2.73. The standard InChI is InChI=1S/C15H13NO2/c17-13-8-6-11(7-9-13)14-10-16-18-15(14)12-4-2-1-3-5-12/h1-10,14-15,17H. The monoisotopic (exact) mass is 239 g/mol. The minimum atomic E-state index is -0.0873. The van der Waals surface area contributed by atoms with Crippen LogP contribution in [-0.4, -0.2) is 11.3 Å².